The van der Waals surface area contributed by atoms with E-state index in [9.17, 15) is 8.42 Å². The van der Waals surface area contributed by atoms with E-state index in [1.165, 1.54) is 0 Å². The van der Waals surface area contributed by atoms with Crippen molar-refractivity contribution in [3.8, 4) is 0 Å². The molecule has 88 valence electrons. The number of rotatable bonds is 0. The lowest BCUT2D eigenvalue weighted by Gasteiger charge is -2.44. The maximum Gasteiger partial charge on any atom is 0.158 e. The van der Waals surface area contributed by atoms with Crippen molar-refractivity contribution in [1.29, 1.82) is 0 Å². The molecule has 15 heavy (non-hydrogen) atoms. The fourth-order valence-electron chi connectivity index (χ4n) is 3.28. The zero-order valence-corrected chi connectivity index (χ0v) is 10.5. The number of hydrogen-bond acceptors (Lipinski definition) is 3. The van der Waals surface area contributed by atoms with Crippen molar-refractivity contribution < 1.29 is 8.42 Å². The molecular formula is C11H21NO2S. The second-order valence-electron chi connectivity index (χ2n) is 5.43. The standard InChI is InChI=1S/C11H21NO2S/c1-7-4-8(2)11-10(5-7)12-6-9(3)15(11,13)14/h7-12H,4-6H2,1-3H3. The SMILES string of the molecule is CC1CC(C)C2C(C1)NCC(C)S2(=O)=O. The van der Waals surface area contributed by atoms with E-state index in [0.717, 1.165) is 12.8 Å². The van der Waals surface area contributed by atoms with Gasteiger partial charge in [-0.05, 0) is 31.6 Å². The highest BCUT2D eigenvalue weighted by Crippen LogP contribution is 2.36. The van der Waals surface area contributed by atoms with E-state index in [0.29, 0.717) is 18.4 Å². The summed E-state index contributed by atoms with van der Waals surface area (Å²) in [5.74, 6) is 0.955. The summed E-state index contributed by atoms with van der Waals surface area (Å²) in [5, 5.41) is 3.05. The van der Waals surface area contributed by atoms with Crippen molar-refractivity contribution in [3.63, 3.8) is 0 Å². The molecule has 1 aliphatic carbocycles. The van der Waals surface area contributed by atoms with Gasteiger partial charge in [0.1, 0.15) is 0 Å². The molecule has 4 heteroatoms. The van der Waals surface area contributed by atoms with Crippen LogP contribution >= 0.6 is 0 Å². The van der Waals surface area contributed by atoms with E-state index in [-0.39, 0.29) is 16.5 Å². The highest BCUT2D eigenvalue weighted by molar-refractivity contribution is 7.92. The molecule has 1 saturated heterocycles. The van der Waals surface area contributed by atoms with E-state index in [2.05, 4.69) is 19.2 Å². The topological polar surface area (TPSA) is 46.2 Å². The Hall–Kier alpha value is -0.0900. The molecule has 0 aromatic rings. The average molecular weight is 231 g/mol. The summed E-state index contributed by atoms with van der Waals surface area (Å²) in [6.07, 6.45) is 2.07. The van der Waals surface area contributed by atoms with Gasteiger partial charge in [0.2, 0.25) is 0 Å². The predicted molar refractivity (Wildman–Crippen MR) is 61.5 cm³/mol. The summed E-state index contributed by atoms with van der Waals surface area (Å²) in [4.78, 5) is 0. The molecular weight excluding hydrogens is 210 g/mol. The monoisotopic (exact) mass is 231 g/mol. The summed E-state index contributed by atoms with van der Waals surface area (Å²) < 4.78 is 24.4. The molecule has 0 bridgehead atoms. The van der Waals surface area contributed by atoms with Crippen molar-refractivity contribution >= 4 is 9.84 Å². The number of hydrogen-bond donors (Lipinski definition) is 1. The zero-order chi connectivity index (χ0) is 11.2. The van der Waals surface area contributed by atoms with E-state index < -0.39 is 9.84 Å². The third-order valence-corrected chi connectivity index (χ3v) is 6.84. The quantitative estimate of drug-likeness (QED) is 0.681. The molecule has 0 spiro atoms. The Morgan fingerprint density at radius 3 is 2.47 bits per heavy atom. The molecule has 1 aliphatic heterocycles. The molecule has 0 aromatic carbocycles. The molecule has 1 saturated carbocycles. The Balaban J connectivity index is 2.30. The molecule has 3 nitrogen and oxygen atoms in total. The Bertz CT molecular complexity index is 338. The Labute approximate surface area is 92.6 Å². The first-order valence-corrected chi connectivity index (χ1v) is 7.50. The van der Waals surface area contributed by atoms with Gasteiger partial charge in [-0.2, -0.15) is 0 Å². The third kappa shape index (κ3) is 1.82. The van der Waals surface area contributed by atoms with Crippen LogP contribution in [0.1, 0.15) is 33.6 Å². The first-order chi connectivity index (χ1) is 6.93. The van der Waals surface area contributed by atoms with Gasteiger partial charge in [-0.3, -0.25) is 0 Å². The van der Waals surface area contributed by atoms with Crippen LogP contribution in [0.3, 0.4) is 0 Å². The van der Waals surface area contributed by atoms with Crippen molar-refractivity contribution in [2.75, 3.05) is 6.54 Å². The van der Waals surface area contributed by atoms with E-state index >= 15 is 0 Å². The van der Waals surface area contributed by atoms with Gasteiger partial charge in [0, 0.05) is 12.6 Å². The lowest BCUT2D eigenvalue weighted by Crippen LogP contribution is -2.60. The number of sulfone groups is 1. The van der Waals surface area contributed by atoms with E-state index in [1.54, 1.807) is 0 Å². The van der Waals surface area contributed by atoms with E-state index in [4.69, 9.17) is 0 Å². The first-order valence-electron chi connectivity index (χ1n) is 5.89. The predicted octanol–water partition coefficient (Wildman–Crippen LogP) is 1.20. The van der Waals surface area contributed by atoms with E-state index in [1.807, 2.05) is 6.92 Å². The summed E-state index contributed by atoms with van der Waals surface area (Å²) in [5.41, 5.74) is 0. The van der Waals surface area contributed by atoms with Gasteiger partial charge in [-0.15, -0.1) is 0 Å². The molecule has 2 rings (SSSR count). The van der Waals surface area contributed by atoms with Crippen LogP contribution in [0, 0.1) is 11.8 Å². The minimum Gasteiger partial charge on any atom is -0.311 e. The van der Waals surface area contributed by atoms with Gasteiger partial charge in [-0.1, -0.05) is 13.8 Å². The normalized spacial score (nSPS) is 49.7. The van der Waals surface area contributed by atoms with Crippen LogP contribution in [0.5, 0.6) is 0 Å². The minimum atomic E-state index is -2.90. The van der Waals surface area contributed by atoms with Crippen molar-refractivity contribution in [3.05, 3.63) is 0 Å². The number of nitrogens with one attached hydrogen (secondary N) is 1. The second kappa shape index (κ2) is 3.74. The summed E-state index contributed by atoms with van der Waals surface area (Å²) in [6.45, 7) is 6.76. The average Bonchev–Trinajstić information content (AvgIpc) is 2.10. The van der Waals surface area contributed by atoms with Crippen LogP contribution < -0.4 is 5.32 Å². The Morgan fingerprint density at radius 1 is 1.13 bits per heavy atom. The maximum atomic E-state index is 12.2. The lowest BCUT2D eigenvalue weighted by molar-refractivity contribution is 0.232. The van der Waals surface area contributed by atoms with Crippen LogP contribution in [-0.4, -0.2) is 31.5 Å². The van der Waals surface area contributed by atoms with Crippen molar-refractivity contribution in [1.82, 2.24) is 5.32 Å². The lowest BCUT2D eigenvalue weighted by atomic mass is 9.80. The largest absolute Gasteiger partial charge is 0.311 e. The van der Waals surface area contributed by atoms with Crippen LogP contribution in [0.25, 0.3) is 0 Å². The van der Waals surface area contributed by atoms with Crippen LogP contribution in [0.2, 0.25) is 0 Å². The molecule has 2 fully saturated rings. The van der Waals surface area contributed by atoms with Gasteiger partial charge in [0.25, 0.3) is 0 Å². The molecule has 5 unspecified atom stereocenters. The van der Waals surface area contributed by atoms with Gasteiger partial charge in [-0.25, -0.2) is 8.42 Å². The third-order valence-electron chi connectivity index (χ3n) is 4.00. The molecule has 1 N–H and O–H groups in total. The molecule has 0 radical (unpaired) electrons. The van der Waals surface area contributed by atoms with Crippen LogP contribution in [-0.2, 0) is 9.84 Å². The first kappa shape index (κ1) is 11.4. The summed E-state index contributed by atoms with van der Waals surface area (Å²) in [7, 11) is -2.90. The maximum absolute atomic E-state index is 12.2. The zero-order valence-electron chi connectivity index (χ0n) is 9.73. The molecule has 0 aromatic heterocycles. The van der Waals surface area contributed by atoms with Gasteiger partial charge in [0.05, 0.1) is 10.5 Å². The van der Waals surface area contributed by atoms with Crippen LogP contribution in [0.4, 0.5) is 0 Å². The fraction of sp³-hybridized carbons (Fsp3) is 1.00. The highest BCUT2D eigenvalue weighted by atomic mass is 32.2. The van der Waals surface area contributed by atoms with Crippen molar-refractivity contribution in [2.24, 2.45) is 11.8 Å². The highest BCUT2D eigenvalue weighted by Gasteiger charge is 2.47. The molecule has 0 amide bonds. The second-order valence-corrected chi connectivity index (χ2v) is 7.96. The van der Waals surface area contributed by atoms with Crippen molar-refractivity contribution in [2.45, 2.75) is 50.2 Å². The summed E-state index contributed by atoms with van der Waals surface area (Å²) >= 11 is 0. The van der Waals surface area contributed by atoms with Gasteiger partial charge >= 0.3 is 0 Å². The molecule has 1 heterocycles. The smallest absolute Gasteiger partial charge is 0.158 e. The minimum absolute atomic E-state index is 0.141. The van der Waals surface area contributed by atoms with Gasteiger partial charge < -0.3 is 5.32 Å². The Morgan fingerprint density at radius 2 is 1.80 bits per heavy atom. The Kier molecular flexibility index (Phi) is 2.84. The fourth-order valence-corrected chi connectivity index (χ4v) is 5.57. The molecule has 5 atom stereocenters. The van der Waals surface area contributed by atoms with Crippen LogP contribution in [0.15, 0.2) is 0 Å². The summed E-state index contributed by atoms with van der Waals surface area (Å²) in [6, 6.07) is 0.199. The molecule has 2 aliphatic rings. The number of fused-ring (bicyclic) bond motifs is 1. The van der Waals surface area contributed by atoms with Gasteiger partial charge in [0.15, 0.2) is 9.84 Å².